The Hall–Kier alpha value is -0.990. The lowest BCUT2D eigenvalue weighted by atomic mass is 10.2. The van der Waals surface area contributed by atoms with Gasteiger partial charge in [-0.25, -0.2) is 8.42 Å². The van der Waals surface area contributed by atoms with Crippen molar-refractivity contribution in [1.29, 1.82) is 0 Å². The molecular formula is C7H12N4O2S2. The number of hydrogen-bond acceptors (Lipinski definition) is 4. The van der Waals surface area contributed by atoms with Crippen molar-refractivity contribution in [2.75, 3.05) is 0 Å². The molecule has 15 heavy (non-hydrogen) atoms. The van der Waals surface area contributed by atoms with E-state index in [1.807, 2.05) is 0 Å². The summed E-state index contributed by atoms with van der Waals surface area (Å²) in [6.07, 6.45) is 1.86. The van der Waals surface area contributed by atoms with Crippen molar-refractivity contribution < 1.29 is 8.42 Å². The van der Waals surface area contributed by atoms with Gasteiger partial charge < -0.3 is 5.73 Å². The zero-order valence-corrected chi connectivity index (χ0v) is 9.73. The normalized spacial score (nSPS) is 13.7. The molecule has 0 saturated heterocycles. The summed E-state index contributed by atoms with van der Waals surface area (Å²) in [7, 11) is -3.61. The van der Waals surface area contributed by atoms with Gasteiger partial charge in [0, 0.05) is 0 Å². The molecule has 0 radical (unpaired) electrons. The van der Waals surface area contributed by atoms with Crippen molar-refractivity contribution in [3.05, 3.63) is 12.3 Å². The highest BCUT2D eigenvalue weighted by Gasteiger charge is 2.21. The number of hydrogen-bond donors (Lipinski definition) is 3. The third kappa shape index (κ3) is 2.98. The lowest BCUT2D eigenvalue weighted by molar-refractivity contribution is 0.568. The molecule has 1 unspecified atom stereocenters. The number of nitrogens with zero attached hydrogens (tertiary/aromatic N) is 1. The van der Waals surface area contributed by atoms with Crippen LogP contribution in [-0.2, 0) is 10.0 Å². The van der Waals surface area contributed by atoms with E-state index in [-0.39, 0.29) is 10.0 Å². The van der Waals surface area contributed by atoms with E-state index < -0.39 is 16.1 Å². The number of rotatable bonds is 5. The van der Waals surface area contributed by atoms with Gasteiger partial charge in [-0.1, -0.05) is 19.1 Å². The molecule has 1 aromatic heterocycles. The molecule has 0 aliphatic rings. The monoisotopic (exact) mass is 248 g/mol. The third-order valence-corrected chi connectivity index (χ3v) is 3.50. The Labute approximate surface area is 93.3 Å². The van der Waals surface area contributed by atoms with Gasteiger partial charge in [-0.3, -0.25) is 5.10 Å². The first kappa shape index (κ1) is 12.1. The molecular weight excluding hydrogens is 236 g/mol. The minimum absolute atomic E-state index is 0.00259. The van der Waals surface area contributed by atoms with Crippen LogP contribution in [0.25, 0.3) is 0 Å². The zero-order chi connectivity index (χ0) is 11.5. The fourth-order valence-electron chi connectivity index (χ4n) is 0.986. The maximum absolute atomic E-state index is 11.7. The second kappa shape index (κ2) is 4.69. The van der Waals surface area contributed by atoms with E-state index in [0.29, 0.717) is 6.42 Å². The molecule has 0 bridgehead atoms. The Morgan fingerprint density at radius 1 is 1.80 bits per heavy atom. The highest BCUT2D eigenvalue weighted by Crippen LogP contribution is 2.05. The van der Waals surface area contributed by atoms with Gasteiger partial charge >= 0.3 is 0 Å². The first-order valence-corrected chi connectivity index (χ1v) is 6.17. The molecule has 0 aromatic carbocycles. The molecule has 0 aliphatic carbocycles. The summed E-state index contributed by atoms with van der Waals surface area (Å²) >= 11 is 4.74. The van der Waals surface area contributed by atoms with Crippen LogP contribution < -0.4 is 10.5 Å². The van der Waals surface area contributed by atoms with Crippen molar-refractivity contribution in [3.8, 4) is 0 Å². The van der Waals surface area contributed by atoms with Gasteiger partial charge in [-0.15, -0.1) is 0 Å². The van der Waals surface area contributed by atoms with E-state index >= 15 is 0 Å². The van der Waals surface area contributed by atoms with Crippen molar-refractivity contribution in [2.24, 2.45) is 5.73 Å². The molecule has 0 aliphatic heterocycles. The van der Waals surface area contributed by atoms with Crippen LogP contribution in [0.2, 0.25) is 0 Å². The molecule has 0 spiro atoms. The number of aromatic amines is 1. The first-order valence-electron chi connectivity index (χ1n) is 4.28. The molecule has 6 nitrogen and oxygen atoms in total. The number of nitrogens with two attached hydrogens (primary N) is 1. The Kier molecular flexibility index (Phi) is 3.77. The Bertz CT molecular complexity index is 426. The second-order valence-electron chi connectivity index (χ2n) is 2.91. The summed E-state index contributed by atoms with van der Waals surface area (Å²) in [6.45, 7) is 1.79. The maximum Gasteiger partial charge on any atom is 0.258 e. The van der Waals surface area contributed by atoms with Crippen molar-refractivity contribution >= 4 is 27.2 Å². The minimum Gasteiger partial charge on any atom is -0.392 e. The van der Waals surface area contributed by atoms with Gasteiger partial charge in [0.2, 0.25) is 0 Å². The van der Waals surface area contributed by atoms with E-state index in [2.05, 4.69) is 14.9 Å². The maximum atomic E-state index is 11.7. The number of thiocarbonyl (C=S) groups is 1. The standard InChI is InChI=1S/C7H12N4O2S2/c1-2-5(7(8)14)11-15(12,13)6-3-4-9-10-6/h3-5,11H,2H2,1H3,(H2,8,14)(H,9,10). The summed E-state index contributed by atoms with van der Waals surface area (Å²) in [5, 5.41) is 5.92. The average molecular weight is 248 g/mol. The SMILES string of the molecule is CCC(NS(=O)(=O)c1ccn[nH]1)C(N)=S. The molecule has 1 heterocycles. The number of nitrogens with one attached hydrogen (secondary N) is 2. The lowest BCUT2D eigenvalue weighted by Gasteiger charge is -2.14. The van der Waals surface area contributed by atoms with Gasteiger partial charge in [0.15, 0.2) is 5.03 Å². The largest absolute Gasteiger partial charge is 0.392 e. The second-order valence-corrected chi connectivity index (χ2v) is 5.06. The van der Waals surface area contributed by atoms with Gasteiger partial charge in [0.25, 0.3) is 10.0 Å². The van der Waals surface area contributed by atoms with Crippen molar-refractivity contribution in [1.82, 2.24) is 14.9 Å². The Morgan fingerprint density at radius 3 is 2.87 bits per heavy atom. The van der Waals surface area contributed by atoms with Crippen molar-refractivity contribution in [3.63, 3.8) is 0 Å². The molecule has 1 aromatic rings. The number of aromatic nitrogens is 2. The highest BCUT2D eigenvalue weighted by atomic mass is 32.2. The quantitative estimate of drug-likeness (QED) is 0.624. The van der Waals surface area contributed by atoms with E-state index in [0.717, 1.165) is 0 Å². The molecule has 0 amide bonds. The Balaban J connectivity index is 2.86. The predicted octanol–water partition coefficient (Wildman–Crippen LogP) is -0.247. The molecule has 0 saturated carbocycles. The highest BCUT2D eigenvalue weighted by molar-refractivity contribution is 7.89. The van der Waals surface area contributed by atoms with Crippen LogP contribution in [0.4, 0.5) is 0 Å². The fourth-order valence-corrected chi connectivity index (χ4v) is 2.49. The first-order chi connectivity index (χ1) is 6.97. The van der Waals surface area contributed by atoms with Crippen LogP contribution in [0.5, 0.6) is 0 Å². The number of sulfonamides is 1. The van der Waals surface area contributed by atoms with Crippen molar-refractivity contribution in [2.45, 2.75) is 24.4 Å². The Morgan fingerprint density at radius 2 is 2.47 bits per heavy atom. The van der Waals surface area contributed by atoms with Gasteiger partial charge in [-0.05, 0) is 12.5 Å². The van der Waals surface area contributed by atoms with E-state index in [4.69, 9.17) is 18.0 Å². The average Bonchev–Trinajstić information content (AvgIpc) is 2.67. The van der Waals surface area contributed by atoms with Crippen LogP contribution in [0, 0.1) is 0 Å². The summed E-state index contributed by atoms with van der Waals surface area (Å²) in [6, 6.07) is 0.822. The molecule has 1 rings (SSSR count). The topological polar surface area (TPSA) is 101 Å². The summed E-state index contributed by atoms with van der Waals surface area (Å²) in [4.78, 5) is 0.126. The van der Waals surface area contributed by atoms with E-state index in [1.165, 1.54) is 12.3 Å². The van der Waals surface area contributed by atoms with Gasteiger partial charge in [0.1, 0.15) is 0 Å². The zero-order valence-electron chi connectivity index (χ0n) is 8.10. The minimum atomic E-state index is -3.61. The molecule has 4 N–H and O–H groups in total. The van der Waals surface area contributed by atoms with E-state index in [9.17, 15) is 8.42 Å². The van der Waals surface area contributed by atoms with Crippen LogP contribution in [0.3, 0.4) is 0 Å². The summed E-state index contributed by atoms with van der Waals surface area (Å²) < 4.78 is 25.7. The van der Waals surface area contributed by atoms with Gasteiger partial charge in [0.05, 0.1) is 17.2 Å². The summed E-state index contributed by atoms with van der Waals surface area (Å²) in [5.41, 5.74) is 5.39. The van der Waals surface area contributed by atoms with Crippen LogP contribution in [0.15, 0.2) is 17.3 Å². The predicted molar refractivity (Wildman–Crippen MR) is 59.8 cm³/mol. The summed E-state index contributed by atoms with van der Waals surface area (Å²) in [5.74, 6) is 0. The molecule has 8 heteroatoms. The lowest BCUT2D eigenvalue weighted by Crippen LogP contribution is -2.43. The molecule has 1 atom stereocenters. The van der Waals surface area contributed by atoms with Crippen LogP contribution in [-0.4, -0.2) is 29.6 Å². The van der Waals surface area contributed by atoms with Crippen LogP contribution >= 0.6 is 12.2 Å². The number of H-pyrrole nitrogens is 1. The third-order valence-electron chi connectivity index (χ3n) is 1.81. The van der Waals surface area contributed by atoms with E-state index in [1.54, 1.807) is 6.92 Å². The fraction of sp³-hybridized carbons (Fsp3) is 0.429. The molecule has 0 fully saturated rings. The smallest absolute Gasteiger partial charge is 0.258 e. The molecule has 84 valence electrons. The van der Waals surface area contributed by atoms with Crippen LogP contribution in [0.1, 0.15) is 13.3 Å². The van der Waals surface area contributed by atoms with Gasteiger partial charge in [-0.2, -0.15) is 9.82 Å².